The summed E-state index contributed by atoms with van der Waals surface area (Å²) in [5.41, 5.74) is 2.85. The van der Waals surface area contributed by atoms with Gasteiger partial charge in [0.25, 0.3) is 0 Å². The van der Waals surface area contributed by atoms with Crippen molar-refractivity contribution < 1.29 is 9.90 Å². The topological polar surface area (TPSA) is 53.4 Å². The van der Waals surface area contributed by atoms with Crippen molar-refractivity contribution in [2.45, 2.75) is 25.8 Å². The first-order chi connectivity index (χ1) is 10.7. The number of hydrogen-bond donors (Lipinski definition) is 1. The molecule has 0 radical (unpaired) electrons. The summed E-state index contributed by atoms with van der Waals surface area (Å²) in [6.07, 6.45) is 4.15. The molecule has 4 heteroatoms. The van der Waals surface area contributed by atoms with Crippen LogP contribution in [0.2, 0.25) is 0 Å². The lowest BCUT2D eigenvalue weighted by Crippen LogP contribution is -2.23. The second-order valence-electron chi connectivity index (χ2n) is 5.75. The minimum Gasteiger partial charge on any atom is -0.478 e. The van der Waals surface area contributed by atoms with Gasteiger partial charge in [-0.1, -0.05) is 18.2 Å². The minimum absolute atomic E-state index is 0.244. The SMILES string of the molecule is C[C@H](c1cccc(-c2ncccc2C(=O)O)c1)N1CCCC1. The molecular formula is C18H20N2O2. The zero-order chi connectivity index (χ0) is 15.5. The van der Waals surface area contributed by atoms with Crippen molar-refractivity contribution in [3.05, 3.63) is 53.7 Å². The van der Waals surface area contributed by atoms with Gasteiger partial charge < -0.3 is 5.11 Å². The molecule has 0 spiro atoms. The van der Waals surface area contributed by atoms with Crippen molar-refractivity contribution in [2.75, 3.05) is 13.1 Å². The van der Waals surface area contributed by atoms with Gasteiger partial charge in [0.15, 0.2) is 0 Å². The summed E-state index contributed by atoms with van der Waals surface area (Å²) in [7, 11) is 0. The van der Waals surface area contributed by atoms with Crippen LogP contribution in [0.25, 0.3) is 11.3 Å². The summed E-state index contributed by atoms with van der Waals surface area (Å²) in [6, 6.07) is 11.7. The van der Waals surface area contributed by atoms with E-state index in [1.165, 1.54) is 18.4 Å². The molecule has 1 saturated heterocycles. The van der Waals surface area contributed by atoms with Gasteiger partial charge in [-0.25, -0.2) is 4.79 Å². The number of carbonyl (C=O) groups is 1. The Labute approximate surface area is 130 Å². The normalized spacial score (nSPS) is 16.6. The lowest BCUT2D eigenvalue weighted by Gasteiger charge is -2.24. The van der Waals surface area contributed by atoms with Crippen LogP contribution in [0.3, 0.4) is 0 Å². The standard InChI is InChI=1S/C18H20N2O2/c1-13(20-10-2-3-11-20)14-6-4-7-15(12-14)17-16(18(21)22)8-5-9-19-17/h4-9,12-13H,2-3,10-11H2,1H3,(H,21,22)/t13-/m1/s1. The van der Waals surface area contributed by atoms with Crippen LogP contribution in [0, 0.1) is 0 Å². The third-order valence-electron chi connectivity index (χ3n) is 4.37. The molecule has 1 aromatic carbocycles. The maximum Gasteiger partial charge on any atom is 0.337 e. The Morgan fingerprint density at radius 3 is 2.73 bits per heavy atom. The molecule has 0 aliphatic carbocycles. The van der Waals surface area contributed by atoms with Crippen LogP contribution >= 0.6 is 0 Å². The van der Waals surface area contributed by atoms with E-state index in [4.69, 9.17) is 0 Å². The van der Waals surface area contributed by atoms with E-state index in [0.717, 1.165) is 18.7 Å². The van der Waals surface area contributed by atoms with Crippen molar-refractivity contribution >= 4 is 5.97 Å². The molecule has 0 bridgehead atoms. The van der Waals surface area contributed by atoms with Crippen LogP contribution in [0.4, 0.5) is 0 Å². The van der Waals surface area contributed by atoms with Gasteiger partial charge in [-0.2, -0.15) is 0 Å². The highest BCUT2D eigenvalue weighted by Gasteiger charge is 2.20. The first-order valence-corrected chi connectivity index (χ1v) is 7.69. The Balaban J connectivity index is 1.96. The highest BCUT2D eigenvalue weighted by molar-refractivity contribution is 5.94. The van der Waals surface area contributed by atoms with Crippen LogP contribution < -0.4 is 0 Å². The van der Waals surface area contributed by atoms with E-state index in [1.54, 1.807) is 18.3 Å². The number of carboxylic acids is 1. The Bertz CT molecular complexity index is 678. The van der Waals surface area contributed by atoms with Gasteiger partial charge in [0.1, 0.15) is 0 Å². The molecule has 3 rings (SSSR count). The molecule has 2 heterocycles. The molecule has 4 nitrogen and oxygen atoms in total. The van der Waals surface area contributed by atoms with Crippen molar-refractivity contribution in [3.8, 4) is 11.3 Å². The number of hydrogen-bond acceptors (Lipinski definition) is 3. The Morgan fingerprint density at radius 2 is 2.00 bits per heavy atom. The molecule has 1 atom stereocenters. The number of nitrogens with zero attached hydrogens (tertiary/aromatic N) is 2. The quantitative estimate of drug-likeness (QED) is 0.936. The number of benzene rings is 1. The van der Waals surface area contributed by atoms with E-state index in [-0.39, 0.29) is 5.56 Å². The monoisotopic (exact) mass is 296 g/mol. The molecule has 1 N–H and O–H groups in total. The van der Waals surface area contributed by atoms with Crippen LogP contribution in [0.15, 0.2) is 42.6 Å². The van der Waals surface area contributed by atoms with Gasteiger partial charge in [0.2, 0.25) is 0 Å². The molecule has 22 heavy (non-hydrogen) atoms. The third kappa shape index (κ3) is 2.88. The number of likely N-dealkylation sites (tertiary alicyclic amines) is 1. The smallest absolute Gasteiger partial charge is 0.337 e. The lowest BCUT2D eigenvalue weighted by molar-refractivity contribution is 0.0697. The summed E-state index contributed by atoms with van der Waals surface area (Å²) in [6.45, 7) is 4.48. The maximum atomic E-state index is 11.4. The Morgan fingerprint density at radius 1 is 1.23 bits per heavy atom. The van der Waals surface area contributed by atoms with E-state index in [0.29, 0.717) is 11.7 Å². The number of rotatable bonds is 4. The summed E-state index contributed by atoms with van der Waals surface area (Å²) >= 11 is 0. The van der Waals surface area contributed by atoms with Gasteiger partial charge in [-0.15, -0.1) is 0 Å². The highest BCUT2D eigenvalue weighted by Crippen LogP contribution is 2.28. The second-order valence-corrected chi connectivity index (χ2v) is 5.75. The number of pyridine rings is 1. The first kappa shape index (κ1) is 14.7. The average Bonchev–Trinajstić information content (AvgIpc) is 3.08. The molecule has 2 aromatic rings. The maximum absolute atomic E-state index is 11.4. The predicted octanol–water partition coefficient (Wildman–Crippen LogP) is 3.60. The van der Waals surface area contributed by atoms with Gasteiger partial charge in [0, 0.05) is 17.8 Å². The molecule has 1 aliphatic rings. The van der Waals surface area contributed by atoms with Crippen molar-refractivity contribution in [1.29, 1.82) is 0 Å². The zero-order valence-corrected chi connectivity index (χ0v) is 12.7. The van der Waals surface area contributed by atoms with Crippen LogP contribution in [-0.4, -0.2) is 34.0 Å². The number of carboxylic acid groups (broad SMARTS) is 1. The van der Waals surface area contributed by atoms with Gasteiger partial charge in [-0.05, 0) is 56.6 Å². The molecule has 1 aromatic heterocycles. The van der Waals surface area contributed by atoms with E-state index < -0.39 is 5.97 Å². The fourth-order valence-corrected chi connectivity index (χ4v) is 3.09. The summed E-state index contributed by atoms with van der Waals surface area (Å²) in [5, 5.41) is 9.33. The third-order valence-corrected chi connectivity index (χ3v) is 4.37. The van der Waals surface area contributed by atoms with Gasteiger partial charge >= 0.3 is 5.97 Å². The molecular weight excluding hydrogens is 276 g/mol. The molecule has 0 amide bonds. The zero-order valence-electron chi connectivity index (χ0n) is 12.7. The van der Waals surface area contributed by atoms with Crippen LogP contribution in [0.5, 0.6) is 0 Å². The summed E-state index contributed by atoms with van der Waals surface area (Å²) in [4.78, 5) is 18.1. The van der Waals surface area contributed by atoms with E-state index in [2.05, 4.69) is 28.9 Å². The van der Waals surface area contributed by atoms with Crippen LogP contribution in [0.1, 0.15) is 41.7 Å². The molecule has 1 fully saturated rings. The summed E-state index contributed by atoms with van der Waals surface area (Å²) < 4.78 is 0. The summed E-state index contributed by atoms with van der Waals surface area (Å²) in [5.74, 6) is -0.943. The Hall–Kier alpha value is -2.20. The Kier molecular flexibility index (Phi) is 4.20. The molecule has 1 aliphatic heterocycles. The molecule has 0 saturated carbocycles. The fraction of sp³-hybridized carbons (Fsp3) is 0.333. The minimum atomic E-state index is -0.943. The van der Waals surface area contributed by atoms with Crippen molar-refractivity contribution in [3.63, 3.8) is 0 Å². The van der Waals surface area contributed by atoms with Crippen LogP contribution in [-0.2, 0) is 0 Å². The number of aromatic nitrogens is 1. The van der Waals surface area contributed by atoms with Crippen molar-refractivity contribution in [1.82, 2.24) is 9.88 Å². The van der Waals surface area contributed by atoms with Gasteiger partial charge in [0.05, 0.1) is 11.3 Å². The first-order valence-electron chi connectivity index (χ1n) is 7.69. The second kappa shape index (κ2) is 6.28. The van der Waals surface area contributed by atoms with E-state index >= 15 is 0 Å². The largest absolute Gasteiger partial charge is 0.478 e. The average molecular weight is 296 g/mol. The lowest BCUT2D eigenvalue weighted by atomic mass is 10.00. The predicted molar refractivity (Wildman–Crippen MR) is 85.9 cm³/mol. The van der Waals surface area contributed by atoms with Gasteiger partial charge in [-0.3, -0.25) is 9.88 Å². The van der Waals surface area contributed by atoms with Crippen molar-refractivity contribution in [2.24, 2.45) is 0 Å². The van der Waals surface area contributed by atoms with E-state index in [1.807, 2.05) is 12.1 Å². The fourth-order valence-electron chi connectivity index (χ4n) is 3.09. The highest BCUT2D eigenvalue weighted by atomic mass is 16.4. The number of aromatic carboxylic acids is 1. The van der Waals surface area contributed by atoms with E-state index in [9.17, 15) is 9.90 Å². The molecule has 114 valence electrons. The molecule has 0 unspecified atom stereocenters.